The molecule has 0 bridgehead atoms. The molecule has 7 aromatic rings. The number of nitrogens with one attached hydrogen (secondary N) is 1. The molecule has 0 saturated heterocycles. The average Bonchev–Trinajstić information content (AvgIpc) is 3.46. The standard InChI is InChI=1S/C39H35N3/c1-41(30-18-7-3-8-19-30,31-20-9-4-10-21-31)39(36-28-17-27-35-34-26-15-16-29-37(34)40-38(35)36)42(2,32-22-11-5-12-23-32)33-24-13-6-14-25-33/h3-29,39-40H,1-2H3/q+2. The van der Waals surface area contributed by atoms with Gasteiger partial charge >= 0.3 is 0 Å². The fourth-order valence-electron chi connectivity index (χ4n) is 6.94. The minimum absolute atomic E-state index is 0.114. The van der Waals surface area contributed by atoms with E-state index < -0.39 is 0 Å². The number of para-hydroxylation sites is 6. The molecule has 0 atom stereocenters. The van der Waals surface area contributed by atoms with Gasteiger partial charge in [0.2, 0.25) is 0 Å². The number of hydrogen-bond acceptors (Lipinski definition) is 0. The Kier molecular flexibility index (Phi) is 6.47. The van der Waals surface area contributed by atoms with E-state index in [1.807, 2.05) is 0 Å². The molecule has 3 nitrogen and oxygen atoms in total. The first kappa shape index (κ1) is 26.0. The summed E-state index contributed by atoms with van der Waals surface area (Å²) in [6.07, 6.45) is -0.114. The Hall–Kier alpha value is -4.96. The summed E-state index contributed by atoms with van der Waals surface area (Å²) in [5.74, 6) is 0. The van der Waals surface area contributed by atoms with Crippen molar-refractivity contribution in [3.63, 3.8) is 0 Å². The van der Waals surface area contributed by atoms with Crippen LogP contribution in [0.1, 0.15) is 11.7 Å². The van der Waals surface area contributed by atoms with Crippen LogP contribution in [0.3, 0.4) is 0 Å². The third-order valence-corrected chi connectivity index (χ3v) is 9.00. The quantitative estimate of drug-likeness (QED) is 0.151. The molecule has 0 amide bonds. The number of H-pyrrole nitrogens is 1. The summed E-state index contributed by atoms with van der Waals surface area (Å²) >= 11 is 0. The SMILES string of the molecule is C[N+](c1ccccc1)(c1ccccc1)C(c1cccc2c1[nH]c1ccccc12)[N+](C)(c1ccccc1)c1ccccc1. The zero-order valence-corrected chi connectivity index (χ0v) is 24.1. The zero-order chi connectivity index (χ0) is 28.6. The molecule has 6 aromatic carbocycles. The molecule has 0 unspecified atom stereocenters. The van der Waals surface area contributed by atoms with E-state index in [0.29, 0.717) is 8.97 Å². The van der Waals surface area contributed by atoms with E-state index >= 15 is 0 Å². The van der Waals surface area contributed by atoms with Gasteiger partial charge in [-0.1, -0.05) is 103 Å². The van der Waals surface area contributed by atoms with Crippen LogP contribution in [0.25, 0.3) is 21.8 Å². The van der Waals surface area contributed by atoms with Crippen LogP contribution in [-0.2, 0) is 0 Å². The molecule has 1 N–H and O–H groups in total. The average molecular weight is 546 g/mol. The predicted molar refractivity (Wildman–Crippen MR) is 179 cm³/mol. The van der Waals surface area contributed by atoms with Gasteiger partial charge in [-0.05, 0) is 60.7 Å². The normalized spacial score (nSPS) is 12.3. The first-order valence-corrected chi connectivity index (χ1v) is 14.6. The van der Waals surface area contributed by atoms with Crippen molar-refractivity contribution in [2.24, 2.45) is 0 Å². The first-order chi connectivity index (χ1) is 20.6. The summed E-state index contributed by atoms with van der Waals surface area (Å²) in [6.45, 7) is 0. The van der Waals surface area contributed by atoms with Gasteiger partial charge in [0.25, 0.3) is 6.17 Å². The number of rotatable bonds is 7. The Morgan fingerprint density at radius 1 is 0.405 bits per heavy atom. The predicted octanol–water partition coefficient (Wildman–Crippen LogP) is 10.3. The Morgan fingerprint density at radius 2 is 0.786 bits per heavy atom. The molecule has 42 heavy (non-hydrogen) atoms. The van der Waals surface area contributed by atoms with Crippen LogP contribution < -0.4 is 8.97 Å². The topological polar surface area (TPSA) is 15.8 Å². The molecule has 204 valence electrons. The summed E-state index contributed by atoms with van der Waals surface area (Å²) in [4.78, 5) is 3.86. The second-order valence-corrected chi connectivity index (χ2v) is 11.3. The van der Waals surface area contributed by atoms with Crippen LogP contribution in [0, 0.1) is 0 Å². The number of aromatic amines is 1. The van der Waals surface area contributed by atoms with E-state index in [4.69, 9.17) is 0 Å². The van der Waals surface area contributed by atoms with Crippen LogP contribution in [-0.4, -0.2) is 19.1 Å². The monoisotopic (exact) mass is 545 g/mol. The maximum Gasteiger partial charge on any atom is 0.263 e. The maximum atomic E-state index is 3.86. The lowest BCUT2D eigenvalue weighted by molar-refractivity contribution is 0.187. The smallest absolute Gasteiger partial charge is 0.263 e. The molecule has 0 saturated carbocycles. The van der Waals surface area contributed by atoms with Gasteiger partial charge in [-0.15, -0.1) is 0 Å². The van der Waals surface area contributed by atoms with Crippen molar-refractivity contribution in [1.82, 2.24) is 14.0 Å². The Balaban J connectivity index is 1.66. The number of benzene rings is 6. The van der Waals surface area contributed by atoms with E-state index in [9.17, 15) is 0 Å². The zero-order valence-electron chi connectivity index (χ0n) is 24.1. The van der Waals surface area contributed by atoms with E-state index in [-0.39, 0.29) is 6.17 Å². The van der Waals surface area contributed by atoms with Crippen LogP contribution in [0.4, 0.5) is 22.7 Å². The van der Waals surface area contributed by atoms with Crippen molar-refractivity contribution in [2.45, 2.75) is 6.17 Å². The molecule has 0 fully saturated rings. The highest BCUT2D eigenvalue weighted by atomic mass is 15.6. The third kappa shape index (κ3) is 4.06. The van der Waals surface area contributed by atoms with Crippen molar-refractivity contribution < 1.29 is 0 Å². The number of fused-ring (bicyclic) bond motifs is 3. The molecule has 0 aliphatic carbocycles. The second kappa shape index (κ2) is 10.5. The highest BCUT2D eigenvalue weighted by Gasteiger charge is 2.54. The minimum Gasteiger partial charge on any atom is -0.354 e. The summed E-state index contributed by atoms with van der Waals surface area (Å²) in [6, 6.07) is 59.3. The Labute approximate surface area is 247 Å². The van der Waals surface area contributed by atoms with Crippen LogP contribution in [0.5, 0.6) is 0 Å². The van der Waals surface area contributed by atoms with Crippen molar-refractivity contribution in [1.29, 1.82) is 0 Å². The molecular weight excluding hydrogens is 510 g/mol. The number of nitrogens with zero attached hydrogens (tertiary/aromatic N) is 2. The molecule has 0 aliphatic heterocycles. The Bertz CT molecular complexity index is 1780. The molecule has 3 heteroatoms. The largest absolute Gasteiger partial charge is 0.354 e. The molecule has 7 rings (SSSR count). The fraction of sp³-hybridized carbons (Fsp3) is 0.0769. The summed E-state index contributed by atoms with van der Waals surface area (Å²) in [5.41, 5.74) is 8.47. The highest BCUT2D eigenvalue weighted by molar-refractivity contribution is 6.08. The molecule has 0 spiro atoms. The van der Waals surface area contributed by atoms with Crippen molar-refractivity contribution in [2.75, 3.05) is 14.1 Å². The van der Waals surface area contributed by atoms with Gasteiger partial charge < -0.3 is 4.98 Å². The van der Waals surface area contributed by atoms with Gasteiger partial charge in [-0.2, -0.15) is 0 Å². The van der Waals surface area contributed by atoms with Gasteiger partial charge in [-0.3, -0.25) is 0 Å². The van der Waals surface area contributed by atoms with Crippen molar-refractivity contribution in [3.8, 4) is 0 Å². The third-order valence-electron chi connectivity index (χ3n) is 9.00. The van der Waals surface area contributed by atoms with Crippen molar-refractivity contribution in [3.05, 3.63) is 169 Å². The summed E-state index contributed by atoms with van der Waals surface area (Å²) < 4.78 is 1.10. The van der Waals surface area contributed by atoms with Crippen molar-refractivity contribution >= 4 is 44.6 Å². The van der Waals surface area contributed by atoms with Gasteiger partial charge in [0, 0.05) is 16.3 Å². The van der Waals surface area contributed by atoms with Gasteiger partial charge in [0.05, 0.1) is 25.2 Å². The Morgan fingerprint density at radius 3 is 1.24 bits per heavy atom. The maximum absolute atomic E-state index is 3.86. The van der Waals surface area contributed by atoms with Gasteiger partial charge in [0.1, 0.15) is 22.7 Å². The van der Waals surface area contributed by atoms with Gasteiger partial charge in [0.15, 0.2) is 0 Å². The number of hydrogen-bond donors (Lipinski definition) is 1. The second-order valence-electron chi connectivity index (χ2n) is 11.3. The first-order valence-electron chi connectivity index (χ1n) is 14.6. The van der Waals surface area contributed by atoms with E-state index in [1.54, 1.807) is 0 Å². The highest BCUT2D eigenvalue weighted by Crippen LogP contribution is 2.53. The lowest BCUT2D eigenvalue weighted by atomic mass is 9.98. The van der Waals surface area contributed by atoms with E-state index in [1.165, 1.54) is 44.6 Å². The number of aromatic nitrogens is 1. The lowest BCUT2D eigenvalue weighted by Gasteiger charge is -2.49. The van der Waals surface area contributed by atoms with E-state index in [0.717, 1.165) is 5.52 Å². The molecular formula is C39H35N3+2. The van der Waals surface area contributed by atoms with E-state index in [2.05, 4.69) is 183 Å². The molecule has 1 aromatic heterocycles. The minimum atomic E-state index is -0.114. The molecule has 1 heterocycles. The lowest BCUT2D eigenvalue weighted by Crippen LogP contribution is -2.59. The summed E-state index contributed by atoms with van der Waals surface area (Å²) in [7, 11) is 4.75. The van der Waals surface area contributed by atoms with Crippen LogP contribution >= 0.6 is 0 Å². The summed E-state index contributed by atoms with van der Waals surface area (Å²) in [5, 5.41) is 2.49. The fourth-order valence-corrected chi connectivity index (χ4v) is 6.94. The molecule has 0 aliphatic rings. The van der Waals surface area contributed by atoms with Crippen LogP contribution in [0.2, 0.25) is 0 Å². The van der Waals surface area contributed by atoms with Gasteiger partial charge in [-0.25, -0.2) is 8.97 Å². The number of quaternary nitrogens is 2. The molecule has 0 radical (unpaired) electrons. The van der Waals surface area contributed by atoms with Crippen LogP contribution in [0.15, 0.2) is 164 Å².